The highest BCUT2D eigenvalue weighted by Crippen LogP contribution is 2.42. The molecular formula is C31H37N3O5S. The van der Waals surface area contributed by atoms with E-state index in [1.165, 1.54) is 4.31 Å². The second-order valence-corrected chi connectivity index (χ2v) is 12.4. The lowest BCUT2D eigenvalue weighted by atomic mass is 10.1. The van der Waals surface area contributed by atoms with Crippen LogP contribution in [0.1, 0.15) is 57.4 Å². The lowest BCUT2D eigenvalue weighted by Gasteiger charge is -2.32. The van der Waals surface area contributed by atoms with Crippen LogP contribution >= 0.6 is 0 Å². The maximum Gasteiger partial charge on any atom is 0.265 e. The van der Waals surface area contributed by atoms with E-state index in [1.54, 1.807) is 24.1 Å². The molecule has 0 unspecified atom stereocenters. The number of anilines is 1. The van der Waals surface area contributed by atoms with Crippen LogP contribution in [0.3, 0.4) is 0 Å². The van der Waals surface area contributed by atoms with Crippen molar-refractivity contribution in [2.75, 3.05) is 18.0 Å². The number of nitrogens with one attached hydrogen (secondary N) is 1. The van der Waals surface area contributed by atoms with E-state index in [1.807, 2.05) is 55.5 Å². The molecule has 1 saturated carbocycles. The fourth-order valence-corrected chi connectivity index (χ4v) is 7.68. The van der Waals surface area contributed by atoms with Gasteiger partial charge in [0.2, 0.25) is 11.8 Å². The van der Waals surface area contributed by atoms with Gasteiger partial charge in [-0.25, -0.2) is 8.42 Å². The maximum atomic E-state index is 13.7. The third kappa shape index (κ3) is 5.52. The van der Waals surface area contributed by atoms with Crippen molar-refractivity contribution in [1.82, 2.24) is 10.2 Å². The number of hydrogen-bond acceptors (Lipinski definition) is 5. The van der Waals surface area contributed by atoms with Crippen LogP contribution in [0.15, 0.2) is 65.6 Å². The third-order valence-electron chi connectivity index (χ3n) is 8.03. The SMILES string of the molecule is CC[C@@H](C(=O)NC1CCCC1)N(Cc1ccc(OC)cc1)C(=O)CCCN1c2cccc3cccc(c23)S1(=O)=O. The summed E-state index contributed by atoms with van der Waals surface area (Å²) in [6, 6.07) is 17.9. The Kier molecular flexibility index (Phi) is 8.30. The highest BCUT2D eigenvalue weighted by Gasteiger charge is 2.36. The quantitative estimate of drug-likeness (QED) is 0.354. The highest BCUT2D eigenvalue weighted by atomic mass is 32.2. The van der Waals surface area contributed by atoms with Gasteiger partial charge in [0.1, 0.15) is 11.8 Å². The summed E-state index contributed by atoms with van der Waals surface area (Å²) >= 11 is 0. The predicted molar refractivity (Wildman–Crippen MR) is 156 cm³/mol. The lowest BCUT2D eigenvalue weighted by Crippen LogP contribution is -2.51. The summed E-state index contributed by atoms with van der Waals surface area (Å²) < 4.78 is 33.4. The van der Waals surface area contributed by atoms with Crippen molar-refractivity contribution in [3.63, 3.8) is 0 Å². The average Bonchev–Trinajstić information content (AvgIpc) is 3.54. The summed E-state index contributed by atoms with van der Waals surface area (Å²) in [7, 11) is -2.09. The molecule has 0 saturated heterocycles. The fourth-order valence-electron chi connectivity index (χ4n) is 5.93. The summed E-state index contributed by atoms with van der Waals surface area (Å²) in [6.45, 7) is 2.39. The Labute approximate surface area is 236 Å². The largest absolute Gasteiger partial charge is 0.497 e. The first-order valence-electron chi connectivity index (χ1n) is 14.1. The zero-order chi connectivity index (χ0) is 28.3. The van der Waals surface area contributed by atoms with Crippen LogP contribution in [0.2, 0.25) is 0 Å². The Bertz CT molecular complexity index is 1480. The molecule has 1 aliphatic heterocycles. The minimum Gasteiger partial charge on any atom is -0.497 e. The first-order chi connectivity index (χ1) is 19.3. The van der Waals surface area contributed by atoms with Gasteiger partial charge in [0.15, 0.2) is 0 Å². The van der Waals surface area contributed by atoms with Crippen molar-refractivity contribution in [3.8, 4) is 5.75 Å². The Morgan fingerprint density at radius 3 is 2.42 bits per heavy atom. The topological polar surface area (TPSA) is 96.0 Å². The molecule has 8 nitrogen and oxygen atoms in total. The van der Waals surface area contributed by atoms with E-state index >= 15 is 0 Å². The average molecular weight is 564 g/mol. The first kappa shape index (κ1) is 28.0. The molecule has 1 N–H and O–H groups in total. The van der Waals surface area contributed by atoms with Crippen LogP contribution in [0.5, 0.6) is 5.75 Å². The van der Waals surface area contributed by atoms with Crippen LogP contribution in [0.4, 0.5) is 5.69 Å². The molecule has 1 aliphatic carbocycles. The fraction of sp³-hybridized carbons (Fsp3) is 0.419. The van der Waals surface area contributed by atoms with Gasteiger partial charge in [0.25, 0.3) is 10.0 Å². The zero-order valence-electron chi connectivity index (χ0n) is 23.1. The third-order valence-corrected chi connectivity index (χ3v) is 9.89. The van der Waals surface area contributed by atoms with Gasteiger partial charge in [-0.1, -0.05) is 56.2 Å². The number of carbonyl (C=O) groups excluding carboxylic acids is 2. The highest BCUT2D eigenvalue weighted by molar-refractivity contribution is 7.93. The summed E-state index contributed by atoms with van der Waals surface area (Å²) in [4.78, 5) is 29.0. The van der Waals surface area contributed by atoms with E-state index in [4.69, 9.17) is 4.74 Å². The van der Waals surface area contributed by atoms with Gasteiger partial charge in [-0.3, -0.25) is 13.9 Å². The number of benzene rings is 3. The summed E-state index contributed by atoms with van der Waals surface area (Å²) in [5.74, 6) is 0.424. The predicted octanol–water partition coefficient (Wildman–Crippen LogP) is 5.00. The number of nitrogens with zero attached hydrogens (tertiary/aromatic N) is 2. The number of amides is 2. The maximum absolute atomic E-state index is 13.7. The van der Waals surface area contributed by atoms with Gasteiger partial charge in [-0.05, 0) is 60.9 Å². The van der Waals surface area contributed by atoms with E-state index in [0.29, 0.717) is 23.4 Å². The number of ether oxygens (including phenoxy) is 1. The van der Waals surface area contributed by atoms with Crippen molar-refractivity contribution in [1.29, 1.82) is 0 Å². The molecule has 0 bridgehead atoms. The second kappa shape index (κ2) is 11.9. The normalized spacial score (nSPS) is 16.7. The number of methoxy groups -OCH3 is 1. The molecule has 212 valence electrons. The monoisotopic (exact) mass is 563 g/mol. The van der Waals surface area contributed by atoms with Gasteiger partial charge >= 0.3 is 0 Å². The van der Waals surface area contributed by atoms with Crippen LogP contribution in [0.25, 0.3) is 10.8 Å². The molecule has 3 aromatic rings. The van der Waals surface area contributed by atoms with Crippen molar-refractivity contribution in [3.05, 3.63) is 66.2 Å². The first-order valence-corrected chi connectivity index (χ1v) is 15.5. The number of hydrogen-bond donors (Lipinski definition) is 1. The lowest BCUT2D eigenvalue weighted by molar-refractivity contribution is -0.141. The Hall–Kier alpha value is -3.59. The molecule has 5 rings (SSSR count). The van der Waals surface area contributed by atoms with Gasteiger partial charge in [-0.15, -0.1) is 0 Å². The van der Waals surface area contributed by atoms with E-state index < -0.39 is 16.1 Å². The number of carbonyl (C=O) groups is 2. The second-order valence-electron chi connectivity index (χ2n) is 10.6. The number of sulfonamides is 1. The summed E-state index contributed by atoms with van der Waals surface area (Å²) in [6.07, 6.45) is 5.09. The molecule has 2 aliphatic rings. The van der Waals surface area contributed by atoms with E-state index in [0.717, 1.165) is 47.8 Å². The summed E-state index contributed by atoms with van der Waals surface area (Å²) in [5.41, 5.74) is 1.54. The van der Waals surface area contributed by atoms with E-state index in [9.17, 15) is 18.0 Å². The minimum atomic E-state index is -3.69. The molecule has 2 amide bonds. The Balaban J connectivity index is 1.32. The van der Waals surface area contributed by atoms with E-state index in [-0.39, 0.29) is 37.4 Å². The zero-order valence-corrected chi connectivity index (χ0v) is 24.0. The molecule has 1 heterocycles. The Morgan fingerprint density at radius 2 is 1.75 bits per heavy atom. The van der Waals surface area contributed by atoms with Gasteiger partial charge in [0.05, 0.1) is 17.7 Å². The van der Waals surface area contributed by atoms with Crippen molar-refractivity contribution in [2.45, 2.75) is 75.4 Å². The molecule has 0 aromatic heterocycles. The Morgan fingerprint density at radius 1 is 1.05 bits per heavy atom. The van der Waals surface area contributed by atoms with Gasteiger partial charge < -0.3 is 15.0 Å². The van der Waals surface area contributed by atoms with Crippen LogP contribution in [-0.4, -0.2) is 50.9 Å². The van der Waals surface area contributed by atoms with Crippen LogP contribution in [0, 0.1) is 0 Å². The molecule has 1 fully saturated rings. The molecule has 3 aromatic carbocycles. The molecule has 9 heteroatoms. The van der Waals surface area contributed by atoms with Crippen molar-refractivity contribution in [2.24, 2.45) is 0 Å². The van der Waals surface area contributed by atoms with Gasteiger partial charge in [-0.2, -0.15) is 0 Å². The smallest absolute Gasteiger partial charge is 0.265 e. The molecule has 0 spiro atoms. The summed E-state index contributed by atoms with van der Waals surface area (Å²) in [5, 5.41) is 4.77. The molecule has 40 heavy (non-hydrogen) atoms. The van der Waals surface area contributed by atoms with Crippen molar-refractivity contribution < 1.29 is 22.7 Å². The van der Waals surface area contributed by atoms with Gasteiger partial charge in [0, 0.05) is 30.9 Å². The van der Waals surface area contributed by atoms with Crippen LogP contribution < -0.4 is 14.4 Å². The van der Waals surface area contributed by atoms with Crippen LogP contribution in [-0.2, 0) is 26.2 Å². The van der Waals surface area contributed by atoms with Crippen molar-refractivity contribution >= 4 is 38.3 Å². The number of rotatable bonds is 11. The van der Waals surface area contributed by atoms with E-state index in [2.05, 4.69) is 5.32 Å². The minimum absolute atomic E-state index is 0.125. The standard InChI is InChI=1S/C31H37N3O5S/c1-3-26(31(36)32-24-11-4-5-12-24)33(21-22-16-18-25(39-2)19-17-22)29(35)15-8-20-34-27-13-6-9-23-10-7-14-28(30(23)27)40(34,37)38/h6-7,9-10,13-14,16-19,24,26H,3-5,8,11-12,15,20-21H2,1-2H3,(H,32,36)/t26-/m0/s1. The molecular weight excluding hydrogens is 526 g/mol. The molecule has 1 atom stereocenters. The molecule has 0 radical (unpaired) electrons.